The molecule has 2 atom stereocenters. The summed E-state index contributed by atoms with van der Waals surface area (Å²) in [5.74, 6) is -1.87. The minimum atomic E-state index is -3.12. The van der Waals surface area contributed by atoms with E-state index in [0.29, 0.717) is 0 Å². The molecule has 0 saturated heterocycles. The lowest BCUT2D eigenvalue weighted by Crippen LogP contribution is -2.54. The highest BCUT2D eigenvalue weighted by Crippen LogP contribution is 2.44. The number of carbonyl (C=O) groups is 2. The molecule has 3 rings (SSSR count). The second-order valence-corrected chi connectivity index (χ2v) is 8.32. The second kappa shape index (κ2) is 9.01. The molecule has 0 bridgehead atoms. The van der Waals surface area contributed by atoms with Crippen LogP contribution < -0.4 is 5.32 Å². The molecule has 166 valence electrons. The summed E-state index contributed by atoms with van der Waals surface area (Å²) >= 11 is 0. The van der Waals surface area contributed by atoms with Crippen LogP contribution in [0.3, 0.4) is 0 Å². The van der Waals surface area contributed by atoms with Crippen molar-refractivity contribution in [3.63, 3.8) is 0 Å². The fraction of sp³-hybridized carbons (Fsp3) is 0.391. The highest BCUT2D eigenvalue weighted by atomic mass is 19.3. The molecular formula is C23H25F2NO5. The van der Waals surface area contributed by atoms with E-state index in [9.17, 15) is 23.5 Å². The molecule has 0 aromatic heterocycles. The number of alkyl carbamates (subject to hydrolysis) is 1. The molecular weight excluding hydrogens is 408 g/mol. The minimum Gasteiger partial charge on any atom is -0.480 e. The molecule has 1 aliphatic rings. The molecule has 0 radical (unpaired) electrons. The number of ether oxygens (including phenoxy) is 2. The van der Waals surface area contributed by atoms with Gasteiger partial charge in [-0.3, -0.25) is 0 Å². The Labute approximate surface area is 179 Å². The molecule has 1 amide bonds. The fourth-order valence-corrected chi connectivity index (χ4v) is 3.72. The minimum absolute atomic E-state index is 0.0638. The molecule has 31 heavy (non-hydrogen) atoms. The number of fused-ring (bicyclic) bond motifs is 3. The molecule has 0 aliphatic heterocycles. The highest BCUT2D eigenvalue weighted by Gasteiger charge is 2.40. The first-order chi connectivity index (χ1) is 14.6. The van der Waals surface area contributed by atoms with Crippen LogP contribution in [0.25, 0.3) is 11.1 Å². The topological polar surface area (TPSA) is 84.9 Å². The van der Waals surface area contributed by atoms with Crippen LogP contribution in [0.4, 0.5) is 13.6 Å². The standard InChI is InChI=1S/C23H25F2NO5/c1-23(2,3)31-19(20(24)25)18(21(27)28)26-22(29)30-12-17-15-10-6-4-8-13(15)14-9-5-7-11-16(14)17/h4-11,17-20H,12H2,1-3H3,(H,26,29)(H,27,28)/t18-,19-/m0/s1. The summed E-state index contributed by atoms with van der Waals surface area (Å²) in [6, 6.07) is 13.5. The summed E-state index contributed by atoms with van der Waals surface area (Å²) in [6.07, 6.45) is -6.25. The molecule has 6 nitrogen and oxygen atoms in total. The van der Waals surface area contributed by atoms with Crippen LogP contribution >= 0.6 is 0 Å². The second-order valence-electron chi connectivity index (χ2n) is 8.32. The van der Waals surface area contributed by atoms with E-state index < -0.39 is 36.2 Å². The lowest BCUT2D eigenvalue weighted by atomic mass is 9.98. The number of hydrogen-bond donors (Lipinski definition) is 2. The van der Waals surface area contributed by atoms with Crippen molar-refractivity contribution in [2.45, 2.75) is 50.9 Å². The monoisotopic (exact) mass is 433 g/mol. The van der Waals surface area contributed by atoms with Crippen LogP contribution in [0.2, 0.25) is 0 Å². The van der Waals surface area contributed by atoms with Crippen molar-refractivity contribution < 1.29 is 33.0 Å². The Bertz CT molecular complexity index is 911. The van der Waals surface area contributed by atoms with Crippen molar-refractivity contribution in [2.75, 3.05) is 6.61 Å². The van der Waals surface area contributed by atoms with Gasteiger partial charge in [0, 0.05) is 5.92 Å². The van der Waals surface area contributed by atoms with Gasteiger partial charge in [0.05, 0.1) is 5.60 Å². The summed E-state index contributed by atoms with van der Waals surface area (Å²) < 4.78 is 37.4. The number of alkyl halides is 2. The van der Waals surface area contributed by atoms with Gasteiger partial charge in [-0.1, -0.05) is 48.5 Å². The third-order valence-corrected chi connectivity index (χ3v) is 4.95. The van der Waals surface area contributed by atoms with Gasteiger partial charge in [0.25, 0.3) is 6.43 Å². The molecule has 0 unspecified atom stereocenters. The number of amides is 1. The third-order valence-electron chi connectivity index (χ3n) is 4.95. The van der Waals surface area contributed by atoms with E-state index in [-0.39, 0.29) is 12.5 Å². The van der Waals surface area contributed by atoms with Crippen molar-refractivity contribution in [1.82, 2.24) is 5.32 Å². The first-order valence-electron chi connectivity index (χ1n) is 9.89. The Morgan fingerprint density at radius 1 is 1.03 bits per heavy atom. The Kier molecular flexibility index (Phi) is 6.59. The molecule has 2 aromatic carbocycles. The van der Waals surface area contributed by atoms with Crippen molar-refractivity contribution in [3.05, 3.63) is 59.7 Å². The molecule has 0 spiro atoms. The van der Waals surface area contributed by atoms with Crippen molar-refractivity contribution in [2.24, 2.45) is 0 Å². The smallest absolute Gasteiger partial charge is 0.407 e. The quantitative estimate of drug-likeness (QED) is 0.675. The lowest BCUT2D eigenvalue weighted by molar-refractivity contribution is -0.162. The Morgan fingerprint density at radius 2 is 1.55 bits per heavy atom. The van der Waals surface area contributed by atoms with Crippen molar-refractivity contribution in [1.29, 1.82) is 0 Å². The van der Waals surface area contributed by atoms with Gasteiger partial charge in [-0.05, 0) is 43.0 Å². The number of rotatable bonds is 7. The first kappa shape index (κ1) is 22.7. The zero-order chi connectivity index (χ0) is 22.8. The number of nitrogens with one attached hydrogen (secondary N) is 1. The number of benzene rings is 2. The maximum atomic E-state index is 13.5. The number of hydrogen-bond acceptors (Lipinski definition) is 4. The number of halogens is 2. The summed E-state index contributed by atoms with van der Waals surface area (Å²) in [5, 5.41) is 11.4. The zero-order valence-electron chi connectivity index (χ0n) is 17.5. The summed E-state index contributed by atoms with van der Waals surface area (Å²) in [5.41, 5.74) is 3.00. The largest absolute Gasteiger partial charge is 0.480 e. The van der Waals surface area contributed by atoms with Gasteiger partial charge in [0.2, 0.25) is 0 Å². The molecule has 0 heterocycles. The van der Waals surface area contributed by atoms with Gasteiger partial charge in [-0.15, -0.1) is 0 Å². The van der Waals surface area contributed by atoms with Gasteiger partial charge >= 0.3 is 12.1 Å². The van der Waals surface area contributed by atoms with Crippen LogP contribution in [0.5, 0.6) is 0 Å². The first-order valence-corrected chi connectivity index (χ1v) is 9.89. The Morgan fingerprint density at radius 3 is 2.00 bits per heavy atom. The molecule has 1 aliphatic carbocycles. The maximum absolute atomic E-state index is 13.5. The lowest BCUT2D eigenvalue weighted by Gasteiger charge is -2.31. The average Bonchev–Trinajstić information content (AvgIpc) is 3.02. The van der Waals surface area contributed by atoms with Crippen LogP contribution in [0.15, 0.2) is 48.5 Å². The summed E-state index contributed by atoms with van der Waals surface area (Å²) in [6.45, 7) is 4.50. The predicted molar refractivity (Wildman–Crippen MR) is 110 cm³/mol. The van der Waals surface area contributed by atoms with Crippen LogP contribution in [-0.2, 0) is 14.3 Å². The fourth-order valence-electron chi connectivity index (χ4n) is 3.72. The highest BCUT2D eigenvalue weighted by molar-refractivity contribution is 5.81. The average molecular weight is 433 g/mol. The molecule has 8 heteroatoms. The normalized spacial score (nSPS) is 15.2. The molecule has 2 aromatic rings. The van der Waals surface area contributed by atoms with Gasteiger partial charge in [-0.25, -0.2) is 18.4 Å². The van der Waals surface area contributed by atoms with E-state index >= 15 is 0 Å². The van der Waals surface area contributed by atoms with Crippen molar-refractivity contribution >= 4 is 12.1 Å². The zero-order valence-corrected chi connectivity index (χ0v) is 17.5. The van der Waals surface area contributed by atoms with E-state index in [0.717, 1.165) is 22.3 Å². The molecule has 0 fully saturated rings. The van der Waals surface area contributed by atoms with E-state index in [1.807, 2.05) is 53.8 Å². The number of carboxylic acids is 1. The van der Waals surface area contributed by atoms with Gasteiger partial charge in [-0.2, -0.15) is 0 Å². The number of carbonyl (C=O) groups excluding carboxylic acids is 1. The van der Waals surface area contributed by atoms with Crippen LogP contribution in [0.1, 0.15) is 37.8 Å². The Balaban J connectivity index is 1.72. The van der Waals surface area contributed by atoms with Crippen molar-refractivity contribution in [3.8, 4) is 11.1 Å². The molecule has 0 saturated carbocycles. The van der Waals surface area contributed by atoms with Crippen LogP contribution in [0, 0.1) is 0 Å². The van der Waals surface area contributed by atoms with E-state index in [1.165, 1.54) is 20.8 Å². The van der Waals surface area contributed by atoms with Gasteiger partial charge in [0.15, 0.2) is 6.04 Å². The van der Waals surface area contributed by atoms with Gasteiger partial charge < -0.3 is 19.9 Å². The van der Waals surface area contributed by atoms with Gasteiger partial charge in [0.1, 0.15) is 12.7 Å². The number of carboxylic acid groups (broad SMARTS) is 1. The molecule has 2 N–H and O–H groups in total. The van der Waals surface area contributed by atoms with E-state index in [1.54, 1.807) is 0 Å². The Hall–Kier alpha value is -3.00. The summed E-state index contributed by atoms with van der Waals surface area (Å²) in [4.78, 5) is 23.9. The predicted octanol–water partition coefficient (Wildman–Crippen LogP) is 4.43. The third kappa shape index (κ3) is 5.19. The maximum Gasteiger partial charge on any atom is 0.407 e. The summed E-state index contributed by atoms with van der Waals surface area (Å²) in [7, 11) is 0. The van der Waals surface area contributed by atoms with E-state index in [2.05, 4.69) is 0 Å². The van der Waals surface area contributed by atoms with Crippen LogP contribution in [-0.4, -0.2) is 47.9 Å². The van der Waals surface area contributed by atoms with E-state index in [4.69, 9.17) is 9.47 Å². The SMILES string of the molecule is CC(C)(C)O[C@H](C(F)F)[C@H](NC(=O)OCC1c2ccccc2-c2ccccc21)C(=O)O. The number of aliphatic carboxylic acids is 1.